The summed E-state index contributed by atoms with van der Waals surface area (Å²) in [5, 5.41) is 5.28. The van der Waals surface area contributed by atoms with Gasteiger partial charge in [0.05, 0.1) is 17.2 Å². The number of sulfone groups is 1. The van der Waals surface area contributed by atoms with E-state index in [1.54, 1.807) is 12.1 Å². The second kappa shape index (κ2) is 5.23. The Balaban J connectivity index is 1.80. The van der Waals surface area contributed by atoms with E-state index in [1.807, 2.05) is 13.0 Å². The Hall–Kier alpha value is -2.09. The number of hydrogen-bond donors (Lipinski definition) is 2. The van der Waals surface area contributed by atoms with Gasteiger partial charge in [-0.1, -0.05) is 6.07 Å². The number of carbonyl (C=O) groups excluding carboxylic acids is 2. The zero-order chi connectivity index (χ0) is 16.8. The van der Waals surface area contributed by atoms with Crippen molar-refractivity contribution in [1.29, 1.82) is 0 Å². The van der Waals surface area contributed by atoms with Crippen LogP contribution >= 0.6 is 0 Å². The van der Waals surface area contributed by atoms with Crippen LogP contribution in [0.25, 0.3) is 0 Å². The standard InChI is InChI=1S/C15H18N2O5S/c1-9-3-4-12-11(7-9)17-14(19)15(2,22-12)13(18)16-10-5-6-23(20,21)8-10/h3-4,7,10H,5-6,8H2,1-2H3,(H,16,18)(H,17,19)/t10-,15-/m0/s1. The number of hydrogen-bond acceptors (Lipinski definition) is 5. The summed E-state index contributed by atoms with van der Waals surface area (Å²) >= 11 is 0. The lowest BCUT2D eigenvalue weighted by Crippen LogP contribution is -2.60. The average molecular weight is 338 g/mol. The van der Waals surface area contributed by atoms with Crippen molar-refractivity contribution >= 4 is 27.3 Å². The first-order chi connectivity index (χ1) is 10.7. The van der Waals surface area contributed by atoms with E-state index in [9.17, 15) is 18.0 Å². The summed E-state index contributed by atoms with van der Waals surface area (Å²) in [6.45, 7) is 3.26. The molecule has 8 heteroatoms. The first kappa shape index (κ1) is 15.8. The van der Waals surface area contributed by atoms with Crippen molar-refractivity contribution < 1.29 is 22.7 Å². The van der Waals surface area contributed by atoms with Crippen LogP contribution in [0, 0.1) is 6.92 Å². The van der Waals surface area contributed by atoms with Crippen LogP contribution < -0.4 is 15.4 Å². The molecule has 2 aliphatic heterocycles. The van der Waals surface area contributed by atoms with Crippen LogP contribution in [0.1, 0.15) is 18.9 Å². The predicted octanol–water partition coefficient (Wildman–Crippen LogP) is 0.388. The minimum Gasteiger partial charge on any atom is -0.466 e. The third-order valence-electron chi connectivity index (χ3n) is 4.13. The van der Waals surface area contributed by atoms with E-state index < -0.39 is 33.3 Å². The monoisotopic (exact) mass is 338 g/mol. The van der Waals surface area contributed by atoms with E-state index in [4.69, 9.17) is 4.74 Å². The minimum absolute atomic E-state index is 0.0455. The molecule has 2 aliphatic rings. The van der Waals surface area contributed by atoms with E-state index in [0.717, 1.165) is 5.56 Å². The molecule has 0 saturated carbocycles. The molecule has 2 N–H and O–H groups in total. The van der Waals surface area contributed by atoms with Gasteiger partial charge < -0.3 is 15.4 Å². The molecule has 0 radical (unpaired) electrons. The maximum atomic E-state index is 12.5. The largest absolute Gasteiger partial charge is 0.466 e. The van der Waals surface area contributed by atoms with Crippen LogP contribution in [0.5, 0.6) is 5.75 Å². The maximum absolute atomic E-state index is 12.5. The molecule has 0 unspecified atom stereocenters. The van der Waals surface area contributed by atoms with Crippen molar-refractivity contribution in [3.05, 3.63) is 23.8 Å². The zero-order valence-electron chi connectivity index (χ0n) is 12.9. The van der Waals surface area contributed by atoms with Gasteiger partial charge in [-0.05, 0) is 38.0 Å². The van der Waals surface area contributed by atoms with Gasteiger partial charge in [0.2, 0.25) is 0 Å². The Kier molecular flexibility index (Phi) is 3.59. The van der Waals surface area contributed by atoms with Crippen molar-refractivity contribution in [1.82, 2.24) is 5.32 Å². The van der Waals surface area contributed by atoms with Crippen molar-refractivity contribution in [3.8, 4) is 5.75 Å². The highest BCUT2D eigenvalue weighted by Crippen LogP contribution is 2.34. The number of amides is 2. The quantitative estimate of drug-likeness (QED) is 0.760. The predicted molar refractivity (Wildman–Crippen MR) is 84.0 cm³/mol. The fourth-order valence-corrected chi connectivity index (χ4v) is 4.39. The second-order valence-electron chi connectivity index (χ2n) is 6.16. The smallest absolute Gasteiger partial charge is 0.278 e. The van der Waals surface area contributed by atoms with Gasteiger partial charge in [0.25, 0.3) is 17.4 Å². The lowest BCUT2D eigenvalue weighted by atomic mass is 10.0. The average Bonchev–Trinajstić information content (AvgIpc) is 2.79. The number of ether oxygens (including phenoxy) is 1. The maximum Gasteiger partial charge on any atom is 0.278 e. The fraction of sp³-hybridized carbons (Fsp3) is 0.467. The van der Waals surface area contributed by atoms with E-state index >= 15 is 0 Å². The summed E-state index contributed by atoms with van der Waals surface area (Å²) in [7, 11) is -3.11. The molecule has 0 bridgehead atoms. The van der Waals surface area contributed by atoms with Gasteiger partial charge >= 0.3 is 0 Å². The molecule has 2 atom stereocenters. The third-order valence-corrected chi connectivity index (χ3v) is 5.90. The minimum atomic E-state index is -3.11. The molecule has 7 nitrogen and oxygen atoms in total. The molecule has 1 aromatic carbocycles. The van der Waals surface area contributed by atoms with Crippen LogP contribution in [0.2, 0.25) is 0 Å². The molecule has 2 amide bonds. The van der Waals surface area contributed by atoms with Gasteiger partial charge in [0.15, 0.2) is 9.84 Å². The molecular formula is C15H18N2O5S. The van der Waals surface area contributed by atoms with Crippen LogP contribution in [-0.2, 0) is 19.4 Å². The first-order valence-electron chi connectivity index (χ1n) is 7.32. The number of fused-ring (bicyclic) bond motifs is 1. The van der Waals surface area contributed by atoms with Crippen molar-refractivity contribution in [2.45, 2.75) is 31.9 Å². The van der Waals surface area contributed by atoms with Crippen molar-refractivity contribution in [2.24, 2.45) is 0 Å². The van der Waals surface area contributed by atoms with E-state index in [-0.39, 0.29) is 11.5 Å². The summed E-state index contributed by atoms with van der Waals surface area (Å²) in [4.78, 5) is 24.8. The number of nitrogens with one attached hydrogen (secondary N) is 2. The Labute approximate surface area is 134 Å². The summed E-state index contributed by atoms with van der Waals surface area (Å²) in [6, 6.07) is 4.78. The molecule has 1 saturated heterocycles. The summed E-state index contributed by atoms with van der Waals surface area (Å²) < 4.78 is 28.6. The van der Waals surface area contributed by atoms with Crippen molar-refractivity contribution in [2.75, 3.05) is 16.8 Å². The topological polar surface area (TPSA) is 102 Å². The van der Waals surface area contributed by atoms with Gasteiger partial charge in [-0.25, -0.2) is 8.42 Å². The fourth-order valence-electron chi connectivity index (χ4n) is 2.72. The Bertz CT molecular complexity index is 789. The van der Waals surface area contributed by atoms with Gasteiger partial charge in [0.1, 0.15) is 5.75 Å². The first-order valence-corrected chi connectivity index (χ1v) is 9.14. The molecule has 124 valence electrons. The van der Waals surface area contributed by atoms with Gasteiger partial charge in [-0.2, -0.15) is 0 Å². The van der Waals surface area contributed by atoms with E-state index in [2.05, 4.69) is 10.6 Å². The highest BCUT2D eigenvalue weighted by molar-refractivity contribution is 7.91. The molecule has 1 fully saturated rings. The Morgan fingerprint density at radius 3 is 2.83 bits per heavy atom. The van der Waals surface area contributed by atoms with E-state index in [1.165, 1.54) is 6.92 Å². The lowest BCUT2D eigenvalue weighted by molar-refractivity contribution is -0.147. The molecule has 0 aliphatic carbocycles. The molecule has 23 heavy (non-hydrogen) atoms. The molecule has 1 aromatic rings. The Morgan fingerprint density at radius 1 is 1.43 bits per heavy atom. The third kappa shape index (κ3) is 2.90. The Morgan fingerprint density at radius 2 is 2.17 bits per heavy atom. The normalized spacial score (nSPS) is 28.4. The van der Waals surface area contributed by atoms with Gasteiger partial charge in [-0.3, -0.25) is 9.59 Å². The van der Waals surface area contributed by atoms with E-state index in [0.29, 0.717) is 17.9 Å². The number of anilines is 1. The highest BCUT2D eigenvalue weighted by Gasteiger charge is 2.48. The molecular weight excluding hydrogens is 320 g/mol. The number of carbonyl (C=O) groups is 2. The number of aryl methyl sites for hydroxylation is 1. The molecule has 0 spiro atoms. The lowest BCUT2D eigenvalue weighted by Gasteiger charge is -2.34. The zero-order valence-corrected chi connectivity index (χ0v) is 13.7. The van der Waals surface area contributed by atoms with Gasteiger partial charge in [-0.15, -0.1) is 0 Å². The second-order valence-corrected chi connectivity index (χ2v) is 8.39. The van der Waals surface area contributed by atoms with Gasteiger partial charge in [0, 0.05) is 6.04 Å². The highest BCUT2D eigenvalue weighted by atomic mass is 32.2. The van der Waals surface area contributed by atoms with Crippen LogP contribution in [0.4, 0.5) is 5.69 Å². The van der Waals surface area contributed by atoms with Crippen LogP contribution in [-0.4, -0.2) is 43.4 Å². The van der Waals surface area contributed by atoms with Crippen molar-refractivity contribution in [3.63, 3.8) is 0 Å². The number of rotatable bonds is 2. The molecule has 2 heterocycles. The molecule has 3 rings (SSSR count). The van der Waals surface area contributed by atoms with Crippen LogP contribution in [0.15, 0.2) is 18.2 Å². The number of benzene rings is 1. The summed E-state index contributed by atoms with van der Waals surface area (Å²) in [5.74, 6) is -0.861. The molecule has 0 aromatic heterocycles. The SMILES string of the molecule is Cc1ccc2c(c1)NC(=O)[C@](C)(C(=O)N[C@H]1CCS(=O)(=O)C1)O2. The van der Waals surface area contributed by atoms with Crippen LogP contribution in [0.3, 0.4) is 0 Å². The summed E-state index contributed by atoms with van der Waals surface area (Å²) in [5.41, 5.74) is -0.255. The summed E-state index contributed by atoms with van der Waals surface area (Å²) in [6.07, 6.45) is 0.349.